The molecule has 1 fully saturated rings. The lowest BCUT2D eigenvalue weighted by Crippen LogP contribution is -2.32. The second kappa shape index (κ2) is 10.5. The number of fused-ring (bicyclic) bond motifs is 1. The molecule has 0 saturated heterocycles. The summed E-state index contributed by atoms with van der Waals surface area (Å²) < 4.78 is 8.29. The minimum Gasteiger partial charge on any atom is -0.491 e. The first kappa shape index (κ1) is 21.4. The summed E-state index contributed by atoms with van der Waals surface area (Å²) in [6.45, 7) is 4.11. The molecule has 0 radical (unpaired) electrons. The van der Waals surface area contributed by atoms with E-state index in [0.29, 0.717) is 13.2 Å². The van der Waals surface area contributed by atoms with E-state index in [1.807, 2.05) is 24.3 Å². The Morgan fingerprint density at radius 1 is 1.10 bits per heavy atom. The molecule has 1 saturated carbocycles. The molecular weight excluding hydrogens is 386 g/mol. The molecule has 1 amide bonds. The second-order valence-electron chi connectivity index (χ2n) is 8.51. The maximum Gasteiger partial charge on any atom is 0.223 e. The van der Waals surface area contributed by atoms with Crippen molar-refractivity contribution in [1.82, 2.24) is 14.9 Å². The van der Waals surface area contributed by atoms with Crippen LogP contribution in [0.2, 0.25) is 0 Å². The Hall–Kier alpha value is -2.82. The number of rotatable bonds is 9. The predicted octanol–water partition coefficient (Wildman–Crippen LogP) is 5.05. The van der Waals surface area contributed by atoms with Crippen molar-refractivity contribution in [1.29, 1.82) is 0 Å². The van der Waals surface area contributed by atoms with Gasteiger partial charge in [0.2, 0.25) is 5.91 Å². The van der Waals surface area contributed by atoms with Crippen molar-refractivity contribution < 1.29 is 9.53 Å². The monoisotopic (exact) mass is 419 g/mol. The molecule has 1 aliphatic rings. The molecule has 5 nitrogen and oxygen atoms in total. The molecule has 31 heavy (non-hydrogen) atoms. The van der Waals surface area contributed by atoms with Gasteiger partial charge in [-0.25, -0.2) is 4.98 Å². The number of para-hydroxylation sites is 3. The lowest BCUT2D eigenvalue weighted by atomic mass is 9.89. The van der Waals surface area contributed by atoms with Crippen LogP contribution in [0.4, 0.5) is 0 Å². The van der Waals surface area contributed by atoms with E-state index in [1.165, 1.54) is 19.3 Å². The van der Waals surface area contributed by atoms with Gasteiger partial charge in [0.1, 0.15) is 18.2 Å². The third kappa shape index (κ3) is 5.46. The number of nitrogens with one attached hydrogen (secondary N) is 1. The molecule has 0 bridgehead atoms. The number of carbonyl (C=O) groups excluding carboxylic acids is 1. The first-order valence-electron chi connectivity index (χ1n) is 11.6. The van der Waals surface area contributed by atoms with Gasteiger partial charge in [-0.3, -0.25) is 4.79 Å². The van der Waals surface area contributed by atoms with Crippen molar-refractivity contribution in [2.75, 3.05) is 13.2 Å². The van der Waals surface area contributed by atoms with Crippen LogP contribution in [0.5, 0.6) is 5.75 Å². The number of imidazole rings is 1. The molecule has 0 aliphatic heterocycles. The van der Waals surface area contributed by atoms with Gasteiger partial charge < -0.3 is 14.6 Å². The van der Waals surface area contributed by atoms with Crippen LogP contribution in [0.25, 0.3) is 11.0 Å². The molecule has 0 spiro atoms. The van der Waals surface area contributed by atoms with E-state index in [9.17, 15) is 4.79 Å². The van der Waals surface area contributed by atoms with Crippen molar-refractivity contribution in [2.45, 2.75) is 58.4 Å². The zero-order valence-electron chi connectivity index (χ0n) is 18.5. The molecule has 1 N–H and O–H groups in total. The summed E-state index contributed by atoms with van der Waals surface area (Å²) in [6, 6.07) is 16.4. The molecule has 2 aromatic carbocycles. The fraction of sp³-hybridized carbons (Fsp3) is 0.462. The topological polar surface area (TPSA) is 56.1 Å². The van der Waals surface area contributed by atoms with E-state index in [0.717, 1.165) is 60.4 Å². The van der Waals surface area contributed by atoms with Gasteiger partial charge >= 0.3 is 0 Å². The quantitative estimate of drug-likeness (QED) is 0.494. The minimum absolute atomic E-state index is 0.219. The molecular formula is C26H33N3O2. The highest BCUT2D eigenvalue weighted by atomic mass is 16.5. The molecule has 0 atom stereocenters. The van der Waals surface area contributed by atoms with Crippen LogP contribution in [0.3, 0.4) is 0 Å². The summed E-state index contributed by atoms with van der Waals surface area (Å²) in [7, 11) is 0. The fourth-order valence-electron chi connectivity index (χ4n) is 4.50. The number of amides is 1. The first-order chi connectivity index (χ1) is 15.2. The van der Waals surface area contributed by atoms with Gasteiger partial charge in [0.05, 0.1) is 17.6 Å². The van der Waals surface area contributed by atoms with E-state index in [-0.39, 0.29) is 11.8 Å². The summed E-state index contributed by atoms with van der Waals surface area (Å²) in [6.07, 6.45) is 7.46. The molecule has 4 rings (SSSR count). The molecule has 1 heterocycles. The Morgan fingerprint density at radius 2 is 1.87 bits per heavy atom. The average Bonchev–Trinajstić information content (AvgIpc) is 3.16. The van der Waals surface area contributed by atoms with Gasteiger partial charge in [-0.05, 0) is 49.9 Å². The lowest BCUT2D eigenvalue weighted by Gasteiger charge is -2.20. The normalized spacial score (nSPS) is 14.6. The Kier molecular flexibility index (Phi) is 7.23. The molecule has 1 aromatic heterocycles. The standard InChI is InChI=1S/C26H33N3O2/c1-20-10-5-8-15-24(20)31-19-18-29-23-14-7-6-13-22(23)28-25(29)16-9-17-27-26(30)21-11-3-2-4-12-21/h5-8,10,13-15,21H,2-4,9,11-12,16-19H2,1H3,(H,27,30). The average molecular weight is 420 g/mol. The van der Waals surface area contributed by atoms with Crippen molar-refractivity contribution >= 4 is 16.9 Å². The number of benzene rings is 2. The second-order valence-corrected chi connectivity index (χ2v) is 8.51. The Labute approximate surface area is 184 Å². The van der Waals surface area contributed by atoms with Crippen molar-refractivity contribution in [3.05, 3.63) is 59.9 Å². The fourth-order valence-corrected chi connectivity index (χ4v) is 4.50. The van der Waals surface area contributed by atoms with Crippen molar-refractivity contribution in [2.24, 2.45) is 5.92 Å². The lowest BCUT2D eigenvalue weighted by molar-refractivity contribution is -0.125. The van der Waals surface area contributed by atoms with E-state index in [1.54, 1.807) is 0 Å². The third-order valence-electron chi connectivity index (χ3n) is 6.25. The molecule has 5 heteroatoms. The maximum absolute atomic E-state index is 12.4. The van der Waals surface area contributed by atoms with Crippen LogP contribution in [-0.4, -0.2) is 28.6 Å². The maximum atomic E-state index is 12.4. The number of aryl methyl sites for hydroxylation is 2. The SMILES string of the molecule is Cc1ccccc1OCCn1c(CCCNC(=O)C2CCCCC2)nc2ccccc21. The summed E-state index contributed by atoms with van der Waals surface area (Å²) in [5.41, 5.74) is 3.30. The summed E-state index contributed by atoms with van der Waals surface area (Å²) in [5, 5.41) is 3.15. The smallest absolute Gasteiger partial charge is 0.223 e. The van der Waals surface area contributed by atoms with Gasteiger partial charge in [0, 0.05) is 18.9 Å². The highest BCUT2D eigenvalue weighted by Crippen LogP contribution is 2.23. The number of hydrogen-bond acceptors (Lipinski definition) is 3. The summed E-state index contributed by atoms with van der Waals surface area (Å²) in [4.78, 5) is 17.2. The first-order valence-corrected chi connectivity index (χ1v) is 11.6. The van der Waals surface area contributed by atoms with Gasteiger partial charge in [0.25, 0.3) is 0 Å². The zero-order valence-corrected chi connectivity index (χ0v) is 18.5. The summed E-state index contributed by atoms with van der Waals surface area (Å²) >= 11 is 0. The number of carbonyl (C=O) groups is 1. The van der Waals surface area contributed by atoms with Crippen LogP contribution in [0, 0.1) is 12.8 Å². The van der Waals surface area contributed by atoms with E-state index in [2.05, 4.69) is 41.1 Å². The van der Waals surface area contributed by atoms with E-state index < -0.39 is 0 Å². The van der Waals surface area contributed by atoms with E-state index >= 15 is 0 Å². The van der Waals surface area contributed by atoms with E-state index in [4.69, 9.17) is 9.72 Å². The predicted molar refractivity (Wildman–Crippen MR) is 124 cm³/mol. The van der Waals surface area contributed by atoms with Gasteiger partial charge in [-0.2, -0.15) is 0 Å². The molecule has 3 aromatic rings. The van der Waals surface area contributed by atoms with Gasteiger partial charge in [-0.1, -0.05) is 49.6 Å². The number of ether oxygens (including phenoxy) is 1. The number of hydrogen-bond donors (Lipinski definition) is 1. The Morgan fingerprint density at radius 3 is 2.71 bits per heavy atom. The van der Waals surface area contributed by atoms with Crippen LogP contribution in [-0.2, 0) is 17.8 Å². The summed E-state index contributed by atoms with van der Waals surface area (Å²) in [5.74, 6) is 2.44. The van der Waals surface area contributed by atoms with Crippen molar-refractivity contribution in [3.63, 3.8) is 0 Å². The van der Waals surface area contributed by atoms with Gasteiger partial charge in [-0.15, -0.1) is 0 Å². The third-order valence-corrected chi connectivity index (χ3v) is 6.25. The van der Waals surface area contributed by atoms with Crippen molar-refractivity contribution in [3.8, 4) is 5.75 Å². The van der Waals surface area contributed by atoms with Crippen LogP contribution >= 0.6 is 0 Å². The van der Waals surface area contributed by atoms with Gasteiger partial charge in [0.15, 0.2) is 0 Å². The van der Waals surface area contributed by atoms with Crippen LogP contribution < -0.4 is 10.1 Å². The van der Waals surface area contributed by atoms with Crippen LogP contribution in [0.1, 0.15) is 49.9 Å². The molecule has 0 unspecified atom stereocenters. The highest BCUT2D eigenvalue weighted by Gasteiger charge is 2.20. The largest absolute Gasteiger partial charge is 0.491 e. The number of aromatic nitrogens is 2. The Bertz CT molecular complexity index is 1000. The highest BCUT2D eigenvalue weighted by molar-refractivity contribution is 5.78. The zero-order chi connectivity index (χ0) is 21.5. The van der Waals surface area contributed by atoms with Crippen LogP contribution in [0.15, 0.2) is 48.5 Å². The molecule has 164 valence electrons. The minimum atomic E-state index is 0.219. The molecule has 1 aliphatic carbocycles. The number of nitrogens with zero attached hydrogens (tertiary/aromatic N) is 2. The Balaban J connectivity index is 1.34.